The van der Waals surface area contributed by atoms with Gasteiger partial charge in [-0.05, 0) is 26.0 Å². The topological polar surface area (TPSA) is 56.7 Å². The lowest BCUT2D eigenvalue weighted by molar-refractivity contribution is 0.232. The Hall–Kier alpha value is -2.50. The van der Waals surface area contributed by atoms with Crippen molar-refractivity contribution in [3.8, 4) is 17.4 Å². The molecule has 1 aliphatic rings. The fourth-order valence-electron chi connectivity index (χ4n) is 2.48. The Morgan fingerprint density at radius 3 is 2.87 bits per heavy atom. The van der Waals surface area contributed by atoms with E-state index in [1.807, 2.05) is 38.1 Å². The first kappa shape index (κ1) is 15.4. The predicted octanol–water partition coefficient (Wildman–Crippen LogP) is 2.67. The number of ether oxygens (including phenoxy) is 3. The summed E-state index contributed by atoms with van der Waals surface area (Å²) >= 11 is 0. The molecule has 2 aromatic rings. The van der Waals surface area contributed by atoms with E-state index >= 15 is 0 Å². The highest BCUT2D eigenvalue weighted by molar-refractivity contribution is 5.47. The molecule has 0 spiro atoms. The van der Waals surface area contributed by atoms with Crippen molar-refractivity contribution in [1.82, 2.24) is 9.97 Å². The third-order valence-electron chi connectivity index (χ3n) is 3.56. The van der Waals surface area contributed by atoms with E-state index in [2.05, 4.69) is 14.9 Å². The first-order chi connectivity index (χ1) is 11.2. The van der Waals surface area contributed by atoms with E-state index in [-0.39, 0.29) is 6.10 Å². The maximum atomic E-state index is 5.84. The summed E-state index contributed by atoms with van der Waals surface area (Å²) in [5.41, 5.74) is 1.10. The number of rotatable bonds is 4. The maximum Gasteiger partial charge on any atom is 0.218 e. The average molecular weight is 315 g/mol. The van der Waals surface area contributed by atoms with E-state index < -0.39 is 0 Å². The van der Waals surface area contributed by atoms with Crippen LogP contribution in [0, 0.1) is 0 Å². The maximum absolute atomic E-state index is 5.84. The summed E-state index contributed by atoms with van der Waals surface area (Å²) in [5, 5.41) is 0. The second kappa shape index (κ2) is 6.73. The minimum Gasteiger partial charge on any atom is -0.497 e. The third kappa shape index (κ3) is 3.64. The van der Waals surface area contributed by atoms with E-state index in [1.165, 1.54) is 6.33 Å². The molecule has 1 aromatic heterocycles. The second-order valence-corrected chi connectivity index (χ2v) is 5.62. The SMILES string of the molecule is COc1ccc2c(c1)OCCN(c1cc(OC(C)C)ncn1)C2. The number of anilines is 1. The zero-order chi connectivity index (χ0) is 16.2. The third-order valence-corrected chi connectivity index (χ3v) is 3.56. The Morgan fingerprint density at radius 1 is 1.22 bits per heavy atom. The van der Waals surface area contributed by atoms with Crippen molar-refractivity contribution in [2.45, 2.75) is 26.5 Å². The van der Waals surface area contributed by atoms with Crippen LogP contribution in [0.4, 0.5) is 5.82 Å². The molecule has 0 N–H and O–H groups in total. The molecule has 0 aliphatic carbocycles. The molecule has 0 amide bonds. The Morgan fingerprint density at radius 2 is 2.09 bits per heavy atom. The van der Waals surface area contributed by atoms with E-state index in [9.17, 15) is 0 Å². The zero-order valence-corrected chi connectivity index (χ0v) is 13.7. The number of hydrogen-bond donors (Lipinski definition) is 0. The second-order valence-electron chi connectivity index (χ2n) is 5.62. The van der Waals surface area contributed by atoms with Gasteiger partial charge in [0.15, 0.2) is 0 Å². The molecule has 0 bridgehead atoms. The summed E-state index contributed by atoms with van der Waals surface area (Å²) in [6.45, 7) is 6.01. The molecular formula is C17H21N3O3. The summed E-state index contributed by atoms with van der Waals surface area (Å²) in [4.78, 5) is 10.7. The van der Waals surface area contributed by atoms with E-state index in [0.717, 1.165) is 36.0 Å². The van der Waals surface area contributed by atoms with Crippen molar-refractivity contribution in [1.29, 1.82) is 0 Å². The number of benzene rings is 1. The number of methoxy groups -OCH3 is 1. The van der Waals surface area contributed by atoms with E-state index in [0.29, 0.717) is 12.5 Å². The molecule has 6 heteroatoms. The average Bonchev–Trinajstić information content (AvgIpc) is 2.76. The first-order valence-electron chi connectivity index (χ1n) is 7.69. The Labute approximate surface area is 136 Å². The standard InChI is InChI=1S/C17H21N3O3/c1-12(2)23-17-9-16(18-11-19-17)20-6-7-22-15-8-14(21-3)5-4-13(15)10-20/h4-5,8-9,11-12H,6-7,10H2,1-3H3. The minimum atomic E-state index is 0.0819. The van der Waals surface area contributed by atoms with Gasteiger partial charge >= 0.3 is 0 Å². The molecule has 23 heavy (non-hydrogen) atoms. The molecular weight excluding hydrogens is 294 g/mol. The van der Waals surface area contributed by atoms with Crippen LogP contribution in [0.3, 0.4) is 0 Å². The van der Waals surface area contributed by atoms with Gasteiger partial charge < -0.3 is 19.1 Å². The van der Waals surface area contributed by atoms with Gasteiger partial charge in [0.25, 0.3) is 0 Å². The van der Waals surface area contributed by atoms with E-state index in [4.69, 9.17) is 14.2 Å². The largest absolute Gasteiger partial charge is 0.497 e. The fraction of sp³-hybridized carbons (Fsp3) is 0.412. The lowest BCUT2D eigenvalue weighted by atomic mass is 10.2. The molecule has 0 unspecified atom stereocenters. The first-order valence-corrected chi connectivity index (χ1v) is 7.69. The summed E-state index contributed by atoms with van der Waals surface area (Å²) < 4.78 is 16.7. The normalized spacial score (nSPS) is 14.0. The quantitative estimate of drug-likeness (QED) is 0.864. The van der Waals surface area contributed by atoms with Crippen molar-refractivity contribution in [3.63, 3.8) is 0 Å². The minimum absolute atomic E-state index is 0.0819. The highest BCUT2D eigenvalue weighted by atomic mass is 16.5. The number of fused-ring (bicyclic) bond motifs is 1. The van der Waals surface area contributed by atoms with Crippen LogP contribution < -0.4 is 19.1 Å². The van der Waals surface area contributed by atoms with Crippen LogP contribution in [0.15, 0.2) is 30.6 Å². The molecule has 0 saturated heterocycles. The highest BCUT2D eigenvalue weighted by Gasteiger charge is 2.18. The highest BCUT2D eigenvalue weighted by Crippen LogP contribution is 2.29. The van der Waals surface area contributed by atoms with Crippen LogP contribution in [0.2, 0.25) is 0 Å². The molecule has 6 nitrogen and oxygen atoms in total. The van der Waals surface area contributed by atoms with Crippen LogP contribution in [0.1, 0.15) is 19.4 Å². The lowest BCUT2D eigenvalue weighted by Crippen LogP contribution is -2.26. The van der Waals surface area contributed by atoms with Gasteiger partial charge in [-0.15, -0.1) is 0 Å². The molecule has 0 saturated carbocycles. The van der Waals surface area contributed by atoms with Crippen molar-refractivity contribution in [2.75, 3.05) is 25.2 Å². The Balaban J connectivity index is 1.83. The molecule has 2 heterocycles. The summed E-state index contributed by atoms with van der Waals surface area (Å²) in [6, 6.07) is 7.76. The fourth-order valence-corrected chi connectivity index (χ4v) is 2.48. The summed E-state index contributed by atoms with van der Waals surface area (Å²) in [5.74, 6) is 3.08. The number of hydrogen-bond acceptors (Lipinski definition) is 6. The van der Waals surface area contributed by atoms with Gasteiger partial charge in [0.05, 0.1) is 19.8 Å². The van der Waals surface area contributed by atoms with Crippen LogP contribution >= 0.6 is 0 Å². The molecule has 122 valence electrons. The molecule has 3 rings (SSSR count). The number of aromatic nitrogens is 2. The number of nitrogens with zero attached hydrogens (tertiary/aromatic N) is 3. The van der Waals surface area contributed by atoms with Crippen molar-refractivity contribution < 1.29 is 14.2 Å². The van der Waals surface area contributed by atoms with Crippen LogP contribution in [0.25, 0.3) is 0 Å². The van der Waals surface area contributed by atoms with Crippen LogP contribution in [-0.2, 0) is 6.54 Å². The lowest BCUT2D eigenvalue weighted by Gasteiger charge is -2.21. The Kier molecular flexibility index (Phi) is 4.50. The van der Waals surface area contributed by atoms with Crippen molar-refractivity contribution in [3.05, 3.63) is 36.2 Å². The molecule has 1 aliphatic heterocycles. The van der Waals surface area contributed by atoms with Crippen LogP contribution in [0.5, 0.6) is 17.4 Å². The van der Waals surface area contributed by atoms with Gasteiger partial charge in [0, 0.05) is 24.2 Å². The molecule has 1 aromatic carbocycles. The smallest absolute Gasteiger partial charge is 0.218 e. The summed E-state index contributed by atoms with van der Waals surface area (Å²) in [7, 11) is 1.65. The predicted molar refractivity (Wildman–Crippen MR) is 87.3 cm³/mol. The molecule has 0 atom stereocenters. The van der Waals surface area contributed by atoms with Crippen molar-refractivity contribution in [2.24, 2.45) is 0 Å². The molecule has 0 fully saturated rings. The van der Waals surface area contributed by atoms with Gasteiger partial charge in [-0.1, -0.05) is 0 Å². The van der Waals surface area contributed by atoms with Crippen LogP contribution in [-0.4, -0.2) is 36.3 Å². The zero-order valence-electron chi connectivity index (χ0n) is 13.7. The van der Waals surface area contributed by atoms with Gasteiger partial charge in [0.2, 0.25) is 5.88 Å². The monoisotopic (exact) mass is 315 g/mol. The Bertz CT molecular complexity index is 676. The van der Waals surface area contributed by atoms with E-state index in [1.54, 1.807) is 7.11 Å². The van der Waals surface area contributed by atoms with Gasteiger partial charge in [-0.25, -0.2) is 9.97 Å². The summed E-state index contributed by atoms with van der Waals surface area (Å²) in [6.07, 6.45) is 1.62. The molecule has 0 radical (unpaired) electrons. The van der Waals surface area contributed by atoms with Gasteiger partial charge in [-0.3, -0.25) is 0 Å². The van der Waals surface area contributed by atoms with Crippen molar-refractivity contribution >= 4 is 5.82 Å². The van der Waals surface area contributed by atoms with Gasteiger partial charge in [-0.2, -0.15) is 0 Å². The van der Waals surface area contributed by atoms with Gasteiger partial charge in [0.1, 0.15) is 30.3 Å².